The Morgan fingerprint density at radius 2 is 1.95 bits per heavy atom. The van der Waals surface area contributed by atoms with Crippen molar-refractivity contribution in [3.05, 3.63) is 0 Å². The Bertz CT molecular complexity index is 247. The van der Waals surface area contributed by atoms with E-state index >= 15 is 0 Å². The van der Waals surface area contributed by atoms with Crippen LogP contribution in [0.25, 0.3) is 0 Å². The van der Waals surface area contributed by atoms with Crippen molar-refractivity contribution in [3.8, 4) is 0 Å². The number of rotatable bonds is 9. The van der Waals surface area contributed by atoms with Crippen LogP contribution < -0.4 is 5.32 Å². The fraction of sp³-hybridized carbons (Fsp3) is 1.00. The highest BCUT2D eigenvalue weighted by molar-refractivity contribution is 4.91. The maximum absolute atomic E-state index is 9.03. The maximum atomic E-state index is 9.03. The third-order valence-electron chi connectivity index (χ3n) is 4.90. The van der Waals surface area contributed by atoms with Crippen molar-refractivity contribution in [1.29, 1.82) is 0 Å². The quantitative estimate of drug-likeness (QED) is 0.674. The highest BCUT2D eigenvalue weighted by atomic mass is 16.3. The number of nitrogens with zero attached hydrogens (tertiary/aromatic N) is 1. The molecule has 0 aromatic carbocycles. The third kappa shape index (κ3) is 5.05. The summed E-state index contributed by atoms with van der Waals surface area (Å²) in [5.41, 5.74) is 0.506. The first-order valence-corrected chi connectivity index (χ1v) is 8.34. The minimum Gasteiger partial charge on any atom is -0.396 e. The molecule has 2 saturated carbocycles. The molecule has 0 unspecified atom stereocenters. The van der Waals surface area contributed by atoms with Crippen molar-refractivity contribution in [2.24, 2.45) is 5.41 Å². The van der Waals surface area contributed by atoms with Gasteiger partial charge in [-0.15, -0.1) is 0 Å². The van der Waals surface area contributed by atoms with E-state index in [0.29, 0.717) is 12.0 Å². The van der Waals surface area contributed by atoms with Gasteiger partial charge in [0.15, 0.2) is 0 Å². The average molecular weight is 268 g/mol. The largest absolute Gasteiger partial charge is 0.396 e. The summed E-state index contributed by atoms with van der Waals surface area (Å²) in [6.07, 6.45) is 10.7. The summed E-state index contributed by atoms with van der Waals surface area (Å²) in [5.74, 6) is 0. The lowest BCUT2D eigenvalue weighted by molar-refractivity contribution is 0.0998. The van der Waals surface area contributed by atoms with E-state index in [9.17, 15) is 0 Å². The van der Waals surface area contributed by atoms with Gasteiger partial charge < -0.3 is 15.3 Å². The van der Waals surface area contributed by atoms with E-state index in [-0.39, 0.29) is 0 Å². The highest BCUT2D eigenvalue weighted by Crippen LogP contribution is 2.37. The van der Waals surface area contributed by atoms with Crippen LogP contribution in [0.5, 0.6) is 0 Å². The Hall–Kier alpha value is -0.120. The van der Waals surface area contributed by atoms with Gasteiger partial charge in [0.05, 0.1) is 0 Å². The molecule has 112 valence electrons. The first-order valence-electron chi connectivity index (χ1n) is 8.34. The Morgan fingerprint density at radius 1 is 1.21 bits per heavy atom. The van der Waals surface area contributed by atoms with Crippen LogP contribution in [0, 0.1) is 5.41 Å². The van der Waals surface area contributed by atoms with Crippen molar-refractivity contribution in [3.63, 3.8) is 0 Å². The van der Waals surface area contributed by atoms with Crippen LogP contribution in [0.3, 0.4) is 0 Å². The van der Waals surface area contributed by atoms with Crippen LogP contribution in [0.2, 0.25) is 0 Å². The molecule has 0 radical (unpaired) electrons. The molecule has 0 heterocycles. The number of hydrogen-bond acceptors (Lipinski definition) is 3. The van der Waals surface area contributed by atoms with Crippen LogP contribution >= 0.6 is 0 Å². The smallest absolute Gasteiger partial charge is 0.0443 e. The second kappa shape index (κ2) is 7.61. The van der Waals surface area contributed by atoms with Crippen LogP contribution in [0.1, 0.15) is 58.3 Å². The van der Waals surface area contributed by atoms with E-state index in [1.165, 1.54) is 58.0 Å². The van der Waals surface area contributed by atoms with Crippen molar-refractivity contribution in [2.75, 3.05) is 32.8 Å². The third-order valence-corrected chi connectivity index (χ3v) is 4.90. The zero-order chi connectivity index (χ0) is 13.6. The van der Waals surface area contributed by atoms with Gasteiger partial charge in [-0.25, -0.2) is 0 Å². The lowest BCUT2D eigenvalue weighted by Gasteiger charge is -2.41. The molecule has 19 heavy (non-hydrogen) atoms. The molecular weight excluding hydrogens is 236 g/mol. The van der Waals surface area contributed by atoms with Gasteiger partial charge >= 0.3 is 0 Å². The normalized spacial score (nSPS) is 22.9. The molecule has 0 aromatic rings. The molecule has 2 fully saturated rings. The molecular formula is C16H32N2O. The summed E-state index contributed by atoms with van der Waals surface area (Å²) >= 11 is 0. The fourth-order valence-electron chi connectivity index (χ4n) is 3.46. The van der Waals surface area contributed by atoms with Crippen molar-refractivity contribution >= 4 is 0 Å². The molecule has 0 aliphatic heterocycles. The molecule has 0 saturated heterocycles. The lowest BCUT2D eigenvalue weighted by atomic mass is 9.73. The van der Waals surface area contributed by atoms with Gasteiger partial charge in [0.1, 0.15) is 0 Å². The summed E-state index contributed by atoms with van der Waals surface area (Å²) in [5, 5.41) is 12.8. The highest BCUT2D eigenvalue weighted by Gasteiger charge is 2.35. The molecule has 0 spiro atoms. The van der Waals surface area contributed by atoms with E-state index < -0.39 is 0 Å². The van der Waals surface area contributed by atoms with E-state index in [2.05, 4.69) is 17.1 Å². The first-order chi connectivity index (χ1) is 9.28. The minimum absolute atomic E-state index is 0.323. The van der Waals surface area contributed by atoms with Gasteiger partial charge in [-0.1, -0.05) is 26.2 Å². The Balaban J connectivity index is 1.86. The van der Waals surface area contributed by atoms with Gasteiger partial charge in [-0.2, -0.15) is 0 Å². The predicted molar refractivity (Wildman–Crippen MR) is 80.4 cm³/mol. The molecule has 0 amide bonds. The lowest BCUT2D eigenvalue weighted by Crippen LogP contribution is -2.46. The molecule has 0 aromatic heterocycles. The van der Waals surface area contributed by atoms with Gasteiger partial charge in [-0.3, -0.25) is 0 Å². The molecule has 3 nitrogen and oxygen atoms in total. The van der Waals surface area contributed by atoms with E-state index in [0.717, 1.165) is 25.6 Å². The molecule has 2 aliphatic rings. The van der Waals surface area contributed by atoms with Gasteiger partial charge in [0.2, 0.25) is 0 Å². The summed E-state index contributed by atoms with van der Waals surface area (Å²) < 4.78 is 0. The summed E-state index contributed by atoms with van der Waals surface area (Å²) in [6, 6.07) is 0.825. The predicted octanol–water partition coefficient (Wildman–Crippen LogP) is 2.39. The van der Waals surface area contributed by atoms with Crippen molar-refractivity contribution in [1.82, 2.24) is 10.2 Å². The monoisotopic (exact) mass is 268 g/mol. The molecule has 0 bridgehead atoms. The standard InChI is InChI=1S/C16H32N2O/c1-2-18(11-6-12-19)14-16(9-4-3-5-10-16)13-17-15-7-8-15/h15,17,19H,2-14H2,1H3. The average Bonchev–Trinajstić information content (AvgIpc) is 3.27. The van der Waals surface area contributed by atoms with Gasteiger partial charge in [-0.05, 0) is 44.1 Å². The van der Waals surface area contributed by atoms with E-state index in [4.69, 9.17) is 5.11 Å². The van der Waals surface area contributed by atoms with E-state index in [1.54, 1.807) is 0 Å². The van der Waals surface area contributed by atoms with Crippen LogP contribution in [-0.4, -0.2) is 48.8 Å². The fourth-order valence-corrected chi connectivity index (χ4v) is 3.46. The SMILES string of the molecule is CCN(CCCO)CC1(CNC2CC2)CCCCC1. The zero-order valence-corrected chi connectivity index (χ0v) is 12.7. The summed E-state index contributed by atoms with van der Waals surface area (Å²) in [7, 11) is 0. The first kappa shape index (κ1) is 15.3. The topological polar surface area (TPSA) is 35.5 Å². The second-order valence-electron chi connectivity index (χ2n) is 6.66. The molecule has 3 heteroatoms. The molecule has 2 N–H and O–H groups in total. The summed E-state index contributed by atoms with van der Waals surface area (Å²) in [6.45, 7) is 7.19. The minimum atomic E-state index is 0.323. The Morgan fingerprint density at radius 3 is 2.53 bits per heavy atom. The van der Waals surface area contributed by atoms with Crippen LogP contribution in [0.15, 0.2) is 0 Å². The van der Waals surface area contributed by atoms with Crippen LogP contribution in [-0.2, 0) is 0 Å². The number of aliphatic hydroxyl groups excluding tert-OH is 1. The molecule has 2 aliphatic carbocycles. The summed E-state index contributed by atoms with van der Waals surface area (Å²) in [4.78, 5) is 2.55. The Kier molecular flexibility index (Phi) is 6.11. The van der Waals surface area contributed by atoms with Crippen molar-refractivity contribution in [2.45, 2.75) is 64.3 Å². The number of aliphatic hydroxyl groups is 1. The van der Waals surface area contributed by atoms with E-state index in [1.807, 2.05) is 0 Å². The van der Waals surface area contributed by atoms with Gasteiger partial charge in [0, 0.05) is 32.3 Å². The number of hydrogen-bond donors (Lipinski definition) is 2. The zero-order valence-electron chi connectivity index (χ0n) is 12.7. The molecule has 2 rings (SSSR count). The molecule has 0 atom stereocenters. The Labute approximate surface area is 118 Å². The number of nitrogens with one attached hydrogen (secondary N) is 1. The van der Waals surface area contributed by atoms with Crippen LogP contribution in [0.4, 0.5) is 0 Å². The second-order valence-corrected chi connectivity index (χ2v) is 6.66. The van der Waals surface area contributed by atoms with Crippen molar-refractivity contribution < 1.29 is 5.11 Å². The maximum Gasteiger partial charge on any atom is 0.0443 e. The van der Waals surface area contributed by atoms with Gasteiger partial charge in [0.25, 0.3) is 0 Å².